The molecule has 0 saturated carbocycles. The molecule has 10 nitrogen and oxygen atoms in total. The van der Waals surface area contributed by atoms with E-state index >= 15 is 0 Å². The lowest BCUT2D eigenvalue weighted by Gasteiger charge is -2.44. The molecule has 0 aliphatic carbocycles. The smallest absolute Gasteiger partial charge is 0.306 e. The zero-order chi connectivity index (χ0) is 46.7. The summed E-state index contributed by atoms with van der Waals surface area (Å²) in [6, 6.07) is 0. The van der Waals surface area contributed by atoms with Crippen LogP contribution in [0.5, 0.6) is 0 Å². The number of hydrogen-bond acceptors (Lipinski definition) is 10. The Morgan fingerprint density at radius 2 is 0.641 bits per heavy atom. The first-order chi connectivity index (χ1) is 31.3. The van der Waals surface area contributed by atoms with Gasteiger partial charge in [0.15, 0.2) is 24.6 Å². The van der Waals surface area contributed by atoms with E-state index < -0.39 is 48.6 Å². The fourth-order valence-electron chi connectivity index (χ4n) is 8.38. The summed E-state index contributed by atoms with van der Waals surface area (Å²) in [6.07, 6.45) is 31.7. The highest BCUT2D eigenvalue weighted by atomic mass is 16.7. The van der Waals surface area contributed by atoms with Crippen LogP contribution in [0.1, 0.15) is 279 Å². The lowest BCUT2D eigenvalue weighted by atomic mass is 9.97. The number of carbonyl (C=O) groups is 4. The minimum atomic E-state index is -1.21. The third-order valence-corrected chi connectivity index (χ3v) is 12.5. The summed E-state index contributed by atoms with van der Waals surface area (Å²) in [5.74, 6) is -1.70. The van der Waals surface area contributed by atoms with Crippen LogP contribution in [0.25, 0.3) is 0 Å². The van der Waals surface area contributed by atoms with E-state index in [0.717, 1.165) is 89.9 Å². The molecule has 1 saturated heterocycles. The summed E-state index contributed by atoms with van der Waals surface area (Å²) < 4.78 is 37.2. The van der Waals surface area contributed by atoms with Gasteiger partial charge in [-0.3, -0.25) is 19.2 Å². The van der Waals surface area contributed by atoms with Crippen molar-refractivity contribution in [3.05, 3.63) is 0 Å². The molecule has 0 spiro atoms. The Bertz CT molecular complexity index is 1110. The molecule has 5 atom stereocenters. The van der Waals surface area contributed by atoms with Crippen LogP contribution in [0.2, 0.25) is 0 Å². The Kier molecular flexibility index (Phi) is 40.5. The summed E-state index contributed by atoms with van der Waals surface area (Å²) in [5.41, 5.74) is 0. The molecule has 0 aromatic rings. The van der Waals surface area contributed by atoms with Crippen LogP contribution in [0.4, 0.5) is 0 Å². The van der Waals surface area contributed by atoms with E-state index in [1.807, 2.05) is 0 Å². The molecule has 0 unspecified atom stereocenters. The molecule has 0 aromatic heterocycles. The normalized spacial score (nSPS) is 18.5. The third-order valence-electron chi connectivity index (χ3n) is 12.5. The lowest BCUT2D eigenvalue weighted by Crippen LogP contribution is -2.63. The molecule has 0 amide bonds. The molecule has 1 aliphatic rings. The second-order valence-corrected chi connectivity index (χ2v) is 18.7. The number of rotatable bonds is 45. The first-order valence-electron chi connectivity index (χ1n) is 27.3. The minimum Gasteiger partial charge on any atom is -0.463 e. The summed E-state index contributed by atoms with van der Waals surface area (Å²) >= 11 is 0. The molecule has 1 heterocycles. The van der Waals surface area contributed by atoms with Crippen molar-refractivity contribution in [3.8, 4) is 0 Å². The maximum absolute atomic E-state index is 13.7. The van der Waals surface area contributed by atoms with Gasteiger partial charge in [-0.1, -0.05) is 221 Å². The Labute approximate surface area is 392 Å². The van der Waals surface area contributed by atoms with Crippen molar-refractivity contribution in [1.29, 1.82) is 0 Å². The van der Waals surface area contributed by atoms with Crippen LogP contribution in [-0.2, 0) is 47.6 Å². The molecular weight excluding hydrogens is 809 g/mol. The monoisotopic (exact) mass is 909 g/mol. The second kappa shape index (κ2) is 43.4. The average molecular weight is 909 g/mol. The van der Waals surface area contributed by atoms with E-state index in [2.05, 4.69) is 34.6 Å². The predicted octanol–water partition coefficient (Wildman–Crippen LogP) is 14.9. The molecule has 376 valence electrons. The van der Waals surface area contributed by atoms with Gasteiger partial charge in [-0.25, -0.2) is 0 Å². The van der Waals surface area contributed by atoms with Gasteiger partial charge in [-0.15, -0.1) is 0 Å². The van der Waals surface area contributed by atoms with Crippen molar-refractivity contribution in [2.75, 3.05) is 13.2 Å². The van der Waals surface area contributed by atoms with Gasteiger partial charge in [0.05, 0.1) is 0 Å². The van der Waals surface area contributed by atoms with Gasteiger partial charge in [-0.2, -0.15) is 0 Å². The molecule has 10 heteroatoms. The Morgan fingerprint density at radius 1 is 0.344 bits per heavy atom. The SMILES string of the molecule is CCCCCCCCCCC(=O)OC[C@H]1O[C@@H](OCCCC)[C@H](OC(=O)CCCCCCCCCC)[C@@H](OC(=O)CCCCCCCCCC)[C@@H]1OC(=O)CCCCCCCCCC. The average Bonchev–Trinajstić information content (AvgIpc) is 3.28. The standard InChI is InChI=1S/C54H100O10/c1-6-11-16-20-24-28-32-36-40-47(55)60-45-46-51(62-48(56)41-37-33-29-25-21-17-12-7-2)52(63-49(57)42-38-34-30-26-22-18-13-8-3)53(54(61-46)59-44-15-10-5)64-50(58)43-39-35-31-27-23-19-14-9-4/h46,51-54H,6-45H2,1-5H3/t46-,51-,52+,53-,54-/m1/s1. The van der Waals surface area contributed by atoms with E-state index in [-0.39, 0.29) is 38.3 Å². The third kappa shape index (κ3) is 32.5. The zero-order valence-corrected chi connectivity index (χ0v) is 42.3. The van der Waals surface area contributed by atoms with E-state index in [1.54, 1.807) is 0 Å². The van der Waals surface area contributed by atoms with Gasteiger partial charge in [0.2, 0.25) is 0 Å². The number of esters is 4. The van der Waals surface area contributed by atoms with Crippen molar-refractivity contribution in [2.45, 2.75) is 309 Å². The first-order valence-corrected chi connectivity index (χ1v) is 27.3. The molecule has 1 aliphatic heterocycles. The predicted molar refractivity (Wildman–Crippen MR) is 259 cm³/mol. The largest absolute Gasteiger partial charge is 0.463 e. The maximum atomic E-state index is 13.7. The van der Waals surface area contributed by atoms with E-state index in [1.165, 1.54) is 109 Å². The van der Waals surface area contributed by atoms with E-state index in [9.17, 15) is 19.2 Å². The highest BCUT2D eigenvalue weighted by Crippen LogP contribution is 2.31. The van der Waals surface area contributed by atoms with Crippen molar-refractivity contribution in [1.82, 2.24) is 0 Å². The number of ether oxygens (including phenoxy) is 6. The van der Waals surface area contributed by atoms with Gasteiger partial charge in [0.25, 0.3) is 0 Å². The molecular formula is C54H100O10. The fourth-order valence-corrected chi connectivity index (χ4v) is 8.38. The molecule has 64 heavy (non-hydrogen) atoms. The molecule has 1 fully saturated rings. The maximum Gasteiger partial charge on any atom is 0.306 e. The molecule has 0 bridgehead atoms. The van der Waals surface area contributed by atoms with Crippen molar-refractivity contribution >= 4 is 23.9 Å². The Morgan fingerprint density at radius 3 is 1.00 bits per heavy atom. The van der Waals surface area contributed by atoms with Crippen LogP contribution >= 0.6 is 0 Å². The highest BCUT2D eigenvalue weighted by molar-refractivity contribution is 5.72. The summed E-state index contributed by atoms with van der Waals surface area (Å²) in [6.45, 7) is 11.0. The summed E-state index contributed by atoms with van der Waals surface area (Å²) in [5, 5.41) is 0. The van der Waals surface area contributed by atoms with Crippen LogP contribution in [0, 0.1) is 0 Å². The van der Waals surface area contributed by atoms with Crippen LogP contribution in [0.15, 0.2) is 0 Å². The highest BCUT2D eigenvalue weighted by Gasteiger charge is 2.53. The van der Waals surface area contributed by atoms with Gasteiger partial charge in [0, 0.05) is 32.3 Å². The van der Waals surface area contributed by atoms with Gasteiger partial charge in [-0.05, 0) is 32.1 Å². The lowest BCUT2D eigenvalue weighted by molar-refractivity contribution is -0.309. The molecule has 0 aromatic carbocycles. The molecule has 1 rings (SSSR count). The van der Waals surface area contributed by atoms with Crippen LogP contribution < -0.4 is 0 Å². The topological polar surface area (TPSA) is 124 Å². The van der Waals surface area contributed by atoms with Crippen molar-refractivity contribution in [2.24, 2.45) is 0 Å². The van der Waals surface area contributed by atoms with Crippen LogP contribution in [-0.4, -0.2) is 67.8 Å². The fraction of sp³-hybridized carbons (Fsp3) is 0.926. The number of carbonyl (C=O) groups excluding carboxylic acids is 4. The van der Waals surface area contributed by atoms with Crippen molar-refractivity contribution < 1.29 is 47.6 Å². The quantitative estimate of drug-likeness (QED) is 0.0331. The molecule has 0 radical (unpaired) electrons. The summed E-state index contributed by atoms with van der Waals surface area (Å²) in [4.78, 5) is 54.1. The first kappa shape index (κ1) is 59.8. The Hall–Kier alpha value is -2.20. The van der Waals surface area contributed by atoms with Gasteiger partial charge in [0.1, 0.15) is 12.7 Å². The van der Waals surface area contributed by atoms with Gasteiger partial charge >= 0.3 is 23.9 Å². The zero-order valence-electron chi connectivity index (χ0n) is 42.3. The van der Waals surface area contributed by atoms with E-state index in [4.69, 9.17) is 28.4 Å². The number of unbranched alkanes of at least 4 members (excludes halogenated alkanes) is 29. The minimum absolute atomic E-state index is 0.184. The van der Waals surface area contributed by atoms with Crippen LogP contribution in [0.3, 0.4) is 0 Å². The van der Waals surface area contributed by atoms with Gasteiger partial charge < -0.3 is 28.4 Å². The number of hydrogen-bond donors (Lipinski definition) is 0. The van der Waals surface area contributed by atoms with E-state index in [0.29, 0.717) is 25.9 Å². The summed E-state index contributed by atoms with van der Waals surface area (Å²) in [7, 11) is 0. The molecule has 0 N–H and O–H groups in total. The van der Waals surface area contributed by atoms with Crippen molar-refractivity contribution in [3.63, 3.8) is 0 Å². The Balaban J connectivity index is 3.27. The second-order valence-electron chi connectivity index (χ2n) is 18.7.